The summed E-state index contributed by atoms with van der Waals surface area (Å²) in [5.74, 6) is -0.194. The average molecular weight is 662 g/mol. The van der Waals surface area contributed by atoms with E-state index in [2.05, 4.69) is 32.5 Å². The summed E-state index contributed by atoms with van der Waals surface area (Å²) >= 11 is 0. The number of carbonyl (C=O) groups is 2. The Morgan fingerprint density at radius 3 is 1.45 bits per heavy atom. The molecule has 0 aromatic rings. The van der Waals surface area contributed by atoms with E-state index in [0.29, 0.717) is 19.0 Å². The molecule has 0 spiro atoms. The number of rotatable bonds is 35. The minimum atomic E-state index is -0.607. The Morgan fingerprint density at radius 1 is 0.617 bits per heavy atom. The van der Waals surface area contributed by atoms with Gasteiger partial charge in [-0.25, -0.2) is 0 Å². The van der Waals surface area contributed by atoms with Gasteiger partial charge in [0, 0.05) is 19.0 Å². The molecule has 2 N–H and O–H groups in total. The van der Waals surface area contributed by atoms with Crippen LogP contribution in [-0.2, 0) is 9.59 Å². The highest BCUT2D eigenvalue weighted by Crippen LogP contribution is 2.19. The standard InChI is InChI=1S/C42H83N3O2/c1-7-9-11-13-15-17-18-19-20-21-22-23-24-26-30-34-39(44(5)6)35-31-28-29-33-37-45(42(47)41(43)38(3)4)40(46)36-32-27-25-16-14-12-10-8-2/h8,38-39,41H,2,7,9-37,43H2,1,3-6H3/t39?,41-/m0/s1. The lowest BCUT2D eigenvalue weighted by Crippen LogP contribution is -2.49. The van der Waals surface area contributed by atoms with Crippen LogP contribution < -0.4 is 5.73 Å². The second-order valence-corrected chi connectivity index (χ2v) is 15.2. The molecule has 0 aliphatic rings. The van der Waals surface area contributed by atoms with Crippen LogP contribution in [0, 0.1) is 5.92 Å². The summed E-state index contributed by atoms with van der Waals surface area (Å²) < 4.78 is 0. The molecule has 0 rings (SSSR count). The molecular weight excluding hydrogens is 578 g/mol. The lowest BCUT2D eigenvalue weighted by molar-refractivity contribution is -0.146. The molecule has 0 aliphatic heterocycles. The monoisotopic (exact) mass is 662 g/mol. The zero-order valence-electron chi connectivity index (χ0n) is 32.5. The third kappa shape index (κ3) is 27.3. The number of nitrogens with zero attached hydrogens (tertiary/aromatic N) is 2. The Labute approximate surface area is 294 Å². The number of nitrogens with two attached hydrogens (primary N) is 1. The predicted octanol–water partition coefficient (Wildman–Crippen LogP) is 11.8. The van der Waals surface area contributed by atoms with E-state index >= 15 is 0 Å². The van der Waals surface area contributed by atoms with Gasteiger partial charge in [0.05, 0.1) is 6.04 Å². The fraction of sp³-hybridized carbons (Fsp3) is 0.905. The van der Waals surface area contributed by atoms with Crippen LogP contribution in [0.25, 0.3) is 0 Å². The van der Waals surface area contributed by atoms with Crippen LogP contribution in [0.4, 0.5) is 0 Å². The van der Waals surface area contributed by atoms with E-state index in [1.807, 2.05) is 19.9 Å². The van der Waals surface area contributed by atoms with Gasteiger partial charge in [0.15, 0.2) is 0 Å². The number of hydrogen-bond acceptors (Lipinski definition) is 4. The molecule has 278 valence electrons. The van der Waals surface area contributed by atoms with E-state index in [9.17, 15) is 9.59 Å². The Kier molecular flexibility index (Phi) is 32.5. The van der Waals surface area contributed by atoms with Crippen LogP contribution in [0.5, 0.6) is 0 Å². The number of hydrogen-bond donors (Lipinski definition) is 1. The van der Waals surface area contributed by atoms with Crippen LogP contribution in [0.1, 0.15) is 207 Å². The van der Waals surface area contributed by atoms with Crippen LogP contribution >= 0.6 is 0 Å². The van der Waals surface area contributed by atoms with Crippen LogP contribution in [-0.4, -0.2) is 54.3 Å². The summed E-state index contributed by atoms with van der Waals surface area (Å²) in [6.45, 7) is 10.5. The lowest BCUT2D eigenvalue weighted by Gasteiger charge is -2.26. The Balaban J connectivity index is 4.15. The minimum absolute atomic E-state index is 0.0286. The minimum Gasteiger partial charge on any atom is -0.320 e. The smallest absolute Gasteiger partial charge is 0.246 e. The molecule has 0 radical (unpaired) electrons. The van der Waals surface area contributed by atoms with Crippen molar-refractivity contribution < 1.29 is 9.59 Å². The maximum absolute atomic E-state index is 13.1. The van der Waals surface area contributed by atoms with Crippen molar-refractivity contribution in [2.45, 2.75) is 219 Å². The van der Waals surface area contributed by atoms with E-state index in [4.69, 9.17) is 5.73 Å². The number of unbranched alkanes of at least 4 members (excludes halogenated alkanes) is 23. The second-order valence-electron chi connectivity index (χ2n) is 15.2. The highest BCUT2D eigenvalue weighted by atomic mass is 16.2. The van der Waals surface area contributed by atoms with E-state index < -0.39 is 6.04 Å². The Morgan fingerprint density at radius 2 is 1.02 bits per heavy atom. The molecule has 0 saturated carbocycles. The molecule has 47 heavy (non-hydrogen) atoms. The van der Waals surface area contributed by atoms with Gasteiger partial charge in [0.2, 0.25) is 11.8 Å². The maximum atomic E-state index is 13.1. The first-order valence-corrected chi connectivity index (χ1v) is 20.6. The van der Waals surface area contributed by atoms with Gasteiger partial charge in [-0.15, -0.1) is 6.58 Å². The molecule has 2 amide bonds. The molecule has 0 saturated heterocycles. The van der Waals surface area contributed by atoms with E-state index in [1.54, 1.807) is 0 Å². The van der Waals surface area contributed by atoms with Gasteiger partial charge in [0.1, 0.15) is 0 Å². The lowest BCUT2D eigenvalue weighted by atomic mass is 9.99. The second kappa shape index (κ2) is 33.3. The molecule has 0 bridgehead atoms. The van der Waals surface area contributed by atoms with Gasteiger partial charge in [0.25, 0.3) is 0 Å². The number of allylic oxidation sites excluding steroid dienone is 1. The number of imide groups is 1. The van der Waals surface area contributed by atoms with E-state index in [0.717, 1.165) is 44.9 Å². The predicted molar refractivity (Wildman–Crippen MR) is 207 cm³/mol. The SMILES string of the molecule is C=CCCCCCCCCC(=O)N(CCCCCCC(CCCCCCCCCCCCCCCCC)N(C)C)C(=O)[C@@H](N)C(C)C. The summed E-state index contributed by atoms with van der Waals surface area (Å²) in [6.07, 6.45) is 38.2. The number of carbonyl (C=O) groups excluding carboxylic acids is 2. The summed E-state index contributed by atoms with van der Waals surface area (Å²) in [5.41, 5.74) is 6.21. The first-order chi connectivity index (χ1) is 22.8. The van der Waals surface area contributed by atoms with Crippen molar-refractivity contribution in [1.82, 2.24) is 9.80 Å². The molecule has 2 atom stereocenters. The van der Waals surface area contributed by atoms with E-state index in [-0.39, 0.29) is 17.7 Å². The van der Waals surface area contributed by atoms with Crippen LogP contribution in [0.2, 0.25) is 0 Å². The van der Waals surface area contributed by atoms with Crippen molar-refractivity contribution in [3.8, 4) is 0 Å². The average Bonchev–Trinajstić information content (AvgIpc) is 3.05. The topological polar surface area (TPSA) is 66.6 Å². The third-order valence-electron chi connectivity index (χ3n) is 10.2. The largest absolute Gasteiger partial charge is 0.320 e. The highest BCUT2D eigenvalue weighted by Gasteiger charge is 2.27. The highest BCUT2D eigenvalue weighted by molar-refractivity contribution is 5.97. The quantitative estimate of drug-likeness (QED) is 0.0542. The summed E-state index contributed by atoms with van der Waals surface area (Å²) in [5, 5.41) is 0. The summed E-state index contributed by atoms with van der Waals surface area (Å²) in [6, 6.07) is 0.0482. The van der Waals surface area contributed by atoms with Gasteiger partial charge in [-0.05, 0) is 58.5 Å². The molecule has 0 fully saturated rings. The molecule has 0 aromatic carbocycles. The van der Waals surface area contributed by atoms with E-state index in [1.165, 1.54) is 140 Å². The van der Waals surface area contributed by atoms with Crippen molar-refractivity contribution in [3.63, 3.8) is 0 Å². The molecule has 5 heteroatoms. The van der Waals surface area contributed by atoms with Gasteiger partial charge in [-0.1, -0.05) is 168 Å². The van der Waals surface area contributed by atoms with Gasteiger partial charge >= 0.3 is 0 Å². The maximum Gasteiger partial charge on any atom is 0.246 e. The summed E-state index contributed by atoms with van der Waals surface area (Å²) in [7, 11) is 4.46. The zero-order valence-corrected chi connectivity index (χ0v) is 32.5. The summed E-state index contributed by atoms with van der Waals surface area (Å²) in [4.78, 5) is 30.1. The van der Waals surface area contributed by atoms with Crippen molar-refractivity contribution in [3.05, 3.63) is 12.7 Å². The van der Waals surface area contributed by atoms with Crippen molar-refractivity contribution >= 4 is 11.8 Å². The fourth-order valence-corrected chi connectivity index (χ4v) is 6.65. The zero-order chi connectivity index (χ0) is 35.0. The normalized spacial score (nSPS) is 12.9. The van der Waals surface area contributed by atoms with Crippen molar-refractivity contribution in [2.24, 2.45) is 11.7 Å². The van der Waals surface area contributed by atoms with Crippen LogP contribution in [0.15, 0.2) is 12.7 Å². The molecule has 0 heterocycles. The first-order valence-electron chi connectivity index (χ1n) is 20.6. The Hall–Kier alpha value is -1.20. The fourth-order valence-electron chi connectivity index (χ4n) is 6.65. The third-order valence-corrected chi connectivity index (χ3v) is 10.2. The molecular formula is C42H83N3O2. The van der Waals surface area contributed by atoms with Gasteiger partial charge in [-0.2, -0.15) is 0 Å². The number of amides is 2. The molecule has 0 aromatic heterocycles. The Bertz CT molecular complexity index is 723. The first kappa shape index (κ1) is 45.8. The van der Waals surface area contributed by atoms with Gasteiger partial charge < -0.3 is 10.6 Å². The molecule has 1 unspecified atom stereocenters. The van der Waals surface area contributed by atoms with Crippen molar-refractivity contribution in [2.75, 3.05) is 20.6 Å². The molecule has 5 nitrogen and oxygen atoms in total. The molecule has 0 aliphatic carbocycles. The van der Waals surface area contributed by atoms with Gasteiger partial charge in [-0.3, -0.25) is 14.5 Å². The van der Waals surface area contributed by atoms with Crippen molar-refractivity contribution in [1.29, 1.82) is 0 Å². The van der Waals surface area contributed by atoms with Crippen LogP contribution in [0.3, 0.4) is 0 Å².